The Labute approximate surface area is 152 Å². The second-order valence-corrected chi connectivity index (χ2v) is 6.23. The molecule has 0 saturated carbocycles. The smallest absolute Gasteiger partial charge is 0.227 e. The van der Waals surface area contributed by atoms with Crippen LogP contribution in [0.3, 0.4) is 0 Å². The zero-order valence-electron chi connectivity index (χ0n) is 14.7. The summed E-state index contributed by atoms with van der Waals surface area (Å²) in [5.74, 6) is 1.55. The van der Waals surface area contributed by atoms with E-state index in [9.17, 15) is 0 Å². The molecule has 3 aromatic rings. The van der Waals surface area contributed by atoms with Crippen LogP contribution >= 0.6 is 0 Å². The van der Waals surface area contributed by atoms with Gasteiger partial charge in [0.15, 0.2) is 0 Å². The van der Waals surface area contributed by atoms with Crippen molar-refractivity contribution in [2.45, 2.75) is 6.92 Å². The minimum absolute atomic E-state index is 0.547. The van der Waals surface area contributed by atoms with Crippen molar-refractivity contribution in [2.75, 3.05) is 36.4 Å². The Morgan fingerprint density at radius 3 is 2.65 bits per heavy atom. The van der Waals surface area contributed by atoms with Crippen LogP contribution in [-0.2, 0) is 0 Å². The molecular formula is C19H21N7. The van der Waals surface area contributed by atoms with Gasteiger partial charge < -0.3 is 15.5 Å². The number of hydrogen-bond donors (Lipinski definition) is 2. The lowest BCUT2D eigenvalue weighted by Gasteiger charge is -2.28. The van der Waals surface area contributed by atoms with Crippen molar-refractivity contribution in [3.8, 4) is 11.3 Å². The van der Waals surface area contributed by atoms with Gasteiger partial charge in [0.1, 0.15) is 5.82 Å². The van der Waals surface area contributed by atoms with Crippen LogP contribution < -0.4 is 15.5 Å². The maximum Gasteiger partial charge on any atom is 0.227 e. The third-order valence-electron chi connectivity index (χ3n) is 4.35. The number of nitrogens with zero attached hydrogens (tertiary/aromatic N) is 5. The highest BCUT2D eigenvalue weighted by atomic mass is 15.2. The topological polar surface area (TPSA) is 78.9 Å². The van der Waals surface area contributed by atoms with E-state index in [2.05, 4.69) is 35.5 Å². The normalized spacial score (nSPS) is 14.3. The van der Waals surface area contributed by atoms with Gasteiger partial charge in [-0.05, 0) is 36.8 Å². The fourth-order valence-corrected chi connectivity index (χ4v) is 2.97. The molecule has 3 aromatic heterocycles. The number of hydrogen-bond acceptors (Lipinski definition) is 7. The summed E-state index contributed by atoms with van der Waals surface area (Å²) in [6.07, 6.45) is 7.21. The van der Waals surface area contributed by atoms with E-state index < -0.39 is 0 Å². The predicted molar refractivity (Wildman–Crippen MR) is 103 cm³/mol. The summed E-state index contributed by atoms with van der Waals surface area (Å²) in [6, 6.07) is 7.94. The first-order valence-electron chi connectivity index (χ1n) is 8.72. The molecule has 0 spiro atoms. The van der Waals surface area contributed by atoms with Gasteiger partial charge in [0.05, 0.1) is 17.6 Å². The molecule has 132 valence electrons. The van der Waals surface area contributed by atoms with Crippen LogP contribution in [0, 0.1) is 6.92 Å². The van der Waals surface area contributed by atoms with Gasteiger partial charge in [0.2, 0.25) is 5.95 Å². The molecule has 1 aliphatic heterocycles. The minimum atomic E-state index is 0.547. The second kappa shape index (κ2) is 7.45. The van der Waals surface area contributed by atoms with Crippen LogP contribution in [0.5, 0.6) is 0 Å². The molecule has 4 rings (SSSR count). The monoisotopic (exact) mass is 347 g/mol. The highest BCUT2D eigenvalue weighted by Crippen LogP contribution is 2.22. The van der Waals surface area contributed by atoms with Gasteiger partial charge in [-0.25, -0.2) is 15.0 Å². The predicted octanol–water partition coefficient (Wildman–Crippen LogP) is 2.40. The summed E-state index contributed by atoms with van der Waals surface area (Å²) < 4.78 is 0. The molecule has 1 fully saturated rings. The lowest BCUT2D eigenvalue weighted by atomic mass is 10.1. The quantitative estimate of drug-likeness (QED) is 0.750. The van der Waals surface area contributed by atoms with Crippen molar-refractivity contribution in [3.05, 3.63) is 54.6 Å². The van der Waals surface area contributed by atoms with Crippen molar-refractivity contribution in [3.63, 3.8) is 0 Å². The Morgan fingerprint density at radius 2 is 1.92 bits per heavy atom. The van der Waals surface area contributed by atoms with Crippen LogP contribution in [-0.4, -0.2) is 46.1 Å². The van der Waals surface area contributed by atoms with Crippen molar-refractivity contribution >= 4 is 17.5 Å². The summed E-state index contributed by atoms with van der Waals surface area (Å²) in [6.45, 7) is 5.95. The molecule has 7 heteroatoms. The number of rotatable bonds is 4. The molecule has 0 atom stereocenters. The Bertz CT molecular complexity index is 859. The van der Waals surface area contributed by atoms with Crippen molar-refractivity contribution < 1.29 is 0 Å². The molecule has 0 amide bonds. The minimum Gasteiger partial charge on any atom is -0.354 e. The Morgan fingerprint density at radius 1 is 1.04 bits per heavy atom. The molecule has 0 unspecified atom stereocenters. The summed E-state index contributed by atoms with van der Waals surface area (Å²) >= 11 is 0. The lowest BCUT2D eigenvalue weighted by Crippen LogP contribution is -2.43. The Kier molecular flexibility index (Phi) is 4.70. The average Bonchev–Trinajstić information content (AvgIpc) is 2.71. The van der Waals surface area contributed by atoms with Crippen molar-refractivity contribution in [1.29, 1.82) is 0 Å². The third-order valence-corrected chi connectivity index (χ3v) is 4.35. The molecular weight excluding hydrogens is 326 g/mol. The fraction of sp³-hybridized carbons (Fsp3) is 0.263. The van der Waals surface area contributed by atoms with Gasteiger partial charge in [-0.1, -0.05) is 0 Å². The van der Waals surface area contributed by atoms with Gasteiger partial charge in [0, 0.05) is 50.3 Å². The molecule has 0 bridgehead atoms. The first kappa shape index (κ1) is 16.4. The number of anilines is 3. The first-order valence-corrected chi connectivity index (χ1v) is 8.72. The molecule has 7 nitrogen and oxygen atoms in total. The molecule has 0 aromatic carbocycles. The van der Waals surface area contributed by atoms with E-state index in [1.54, 1.807) is 6.20 Å². The van der Waals surface area contributed by atoms with Crippen LogP contribution in [0.4, 0.5) is 17.5 Å². The van der Waals surface area contributed by atoms with E-state index in [4.69, 9.17) is 0 Å². The third kappa shape index (κ3) is 3.62. The van der Waals surface area contributed by atoms with E-state index in [0.717, 1.165) is 54.5 Å². The van der Waals surface area contributed by atoms with Crippen LogP contribution in [0.15, 0.2) is 49.1 Å². The zero-order valence-corrected chi connectivity index (χ0v) is 14.7. The lowest BCUT2D eigenvalue weighted by molar-refractivity contribution is 0.585. The fourth-order valence-electron chi connectivity index (χ4n) is 2.97. The van der Waals surface area contributed by atoms with E-state index >= 15 is 0 Å². The van der Waals surface area contributed by atoms with Gasteiger partial charge in [-0.3, -0.25) is 4.98 Å². The molecule has 0 aliphatic carbocycles. The number of pyridine rings is 2. The van der Waals surface area contributed by atoms with E-state index in [1.807, 2.05) is 49.8 Å². The standard InChI is InChI=1S/C19H21N7/c1-14-11-23-19(25-18(14)15-3-2-6-21-12-15)24-16-4-5-17(22-13-16)26-9-7-20-8-10-26/h2-6,11-13,20H,7-10H2,1H3,(H,23,24,25). The maximum absolute atomic E-state index is 4.64. The number of piperazine rings is 1. The van der Waals surface area contributed by atoms with Crippen molar-refractivity contribution in [1.82, 2.24) is 25.3 Å². The number of nitrogens with one attached hydrogen (secondary N) is 2. The maximum atomic E-state index is 4.64. The SMILES string of the molecule is Cc1cnc(Nc2ccc(N3CCNCC3)nc2)nc1-c1cccnc1. The largest absolute Gasteiger partial charge is 0.354 e. The van der Waals surface area contributed by atoms with Gasteiger partial charge in [0.25, 0.3) is 0 Å². The van der Waals surface area contributed by atoms with Crippen LogP contribution in [0.25, 0.3) is 11.3 Å². The molecule has 26 heavy (non-hydrogen) atoms. The zero-order chi connectivity index (χ0) is 17.8. The Balaban J connectivity index is 1.52. The highest BCUT2D eigenvalue weighted by Gasteiger charge is 2.12. The molecule has 0 radical (unpaired) electrons. The average molecular weight is 347 g/mol. The summed E-state index contributed by atoms with van der Waals surface area (Å²) in [5, 5.41) is 6.58. The van der Waals surface area contributed by atoms with Gasteiger partial charge in [-0.15, -0.1) is 0 Å². The van der Waals surface area contributed by atoms with E-state index in [0.29, 0.717) is 5.95 Å². The van der Waals surface area contributed by atoms with Crippen molar-refractivity contribution in [2.24, 2.45) is 0 Å². The second-order valence-electron chi connectivity index (χ2n) is 6.23. The molecule has 4 heterocycles. The number of aromatic nitrogens is 4. The molecule has 1 saturated heterocycles. The molecule has 2 N–H and O–H groups in total. The van der Waals surface area contributed by atoms with Gasteiger partial charge >= 0.3 is 0 Å². The first-order chi connectivity index (χ1) is 12.8. The number of aryl methyl sites for hydroxylation is 1. The van der Waals surface area contributed by atoms with E-state index in [1.165, 1.54) is 0 Å². The highest BCUT2D eigenvalue weighted by molar-refractivity contribution is 5.64. The van der Waals surface area contributed by atoms with Crippen LogP contribution in [0.2, 0.25) is 0 Å². The van der Waals surface area contributed by atoms with Crippen LogP contribution in [0.1, 0.15) is 5.56 Å². The Hall–Kier alpha value is -3.06. The summed E-state index contributed by atoms with van der Waals surface area (Å²) in [5.41, 5.74) is 3.73. The molecule has 1 aliphatic rings. The summed E-state index contributed by atoms with van der Waals surface area (Å²) in [7, 11) is 0. The summed E-state index contributed by atoms with van der Waals surface area (Å²) in [4.78, 5) is 20.0. The van der Waals surface area contributed by atoms with Gasteiger partial charge in [-0.2, -0.15) is 0 Å². The van der Waals surface area contributed by atoms with E-state index in [-0.39, 0.29) is 0 Å².